The van der Waals surface area contributed by atoms with Gasteiger partial charge in [-0.2, -0.15) is 4.98 Å². The number of nitrogen functional groups attached to an aromatic ring is 1. The number of aromatic nitrogens is 2. The molecule has 0 aromatic carbocycles. The smallest absolute Gasteiger partial charge is 0.239 e. The minimum Gasteiger partial charge on any atom is -0.394 e. The number of nitrogens with two attached hydrogens (primary N) is 1. The van der Waals surface area contributed by atoms with E-state index in [0.29, 0.717) is 5.95 Å². The molecule has 6 nitrogen and oxygen atoms in total. The third kappa shape index (κ3) is 2.30. The van der Waals surface area contributed by atoms with Crippen LogP contribution in [0.25, 0.3) is 0 Å². The number of likely N-dealkylation sites (N-methyl/N-ethyl adjacent to an activating group) is 1. The van der Waals surface area contributed by atoms with Crippen LogP contribution in [0.5, 0.6) is 0 Å². The quantitative estimate of drug-likeness (QED) is 0.449. The highest BCUT2D eigenvalue weighted by Gasteiger charge is 2.10. The zero-order valence-electron chi connectivity index (χ0n) is 8.31. The maximum Gasteiger partial charge on any atom is 0.239 e. The molecule has 6 heteroatoms. The van der Waals surface area contributed by atoms with Crippen molar-refractivity contribution in [1.29, 1.82) is 0 Å². The van der Waals surface area contributed by atoms with Crippen LogP contribution < -0.4 is 16.2 Å². The number of hydrazine groups is 1. The Hall–Kier alpha value is -1.40. The van der Waals surface area contributed by atoms with Gasteiger partial charge in [0.2, 0.25) is 5.95 Å². The second-order valence-corrected chi connectivity index (χ2v) is 3.03. The molecule has 0 amide bonds. The predicted octanol–water partition coefficient (Wildman–Crippen LogP) is -0.421. The molecule has 1 heterocycles. The monoisotopic (exact) mass is 197 g/mol. The molecule has 0 aliphatic rings. The zero-order chi connectivity index (χ0) is 10.6. The van der Waals surface area contributed by atoms with E-state index in [4.69, 9.17) is 10.9 Å². The van der Waals surface area contributed by atoms with Crippen molar-refractivity contribution in [2.45, 2.75) is 13.0 Å². The van der Waals surface area contributed by atoms with Crippen LogP contribution in [-0.2, 0) is 0 Å². The zero-order valence-corrected chi connectivity index (χ0v) is 8.31. The van der Waals surface area contributed by atoms with Gasteiger partial charge in [-0.05, 0) is 13.0 Å². The van der Waals surface area contributed by atoms with Gasteiger partial charge in [-0.25, -0.2) is 10.8 Å². The Morgan fingerprint density at radius 3 is 3.00 bits per heavy atom. The Morgan fingerprint density at radius 2 is 2.43 bits per heavy atom. The minimum atomic E-state index is 0.00974. The molecule has 4 N–H and O–H groups in total. The summed E-state index contributed by atoms with van der Waals surface area (Å²) in [6, 6.07) is 1.77. The lowest BCUT2D eigenvalue weighted by atomic mass is 10.3. The van der Waals surface area contributed by atoms with E-state index in [1.165, 1.54) is 0 Å². The first kappa shape index (κ1) is 10.7. The van der Waals surface area contributed by atoms with E-state index in [1.54, 1.807) is 12.3 Å². The van der Waals surface area contributed by atoms with Crippen molar-refractivity contribution in [2.75, 3.05) is 24.0 Å². The van der Waals surface area contributed by atoms with Gasteiger partial charge in [0.1, 0.15) is 5.82 Å². The Bertz CT molecular complexity index is 293. The molecule has 1 atom stereocenters. The molecule has 0 saturated heterocycles. The fraction of sp³-hybridized carbons (Fsp3) is 0.500. The van der Waals surface area contributed by atoms with Crippen molar-refractivity contribution < 1.29 is 5.11 Å². The van der Waals surface area contributed by atoms with E-state index in [2.05, 4.69) is 15.4 Å². The lowest BCUT2D eigenvalue weighted by Crippen LogP contribution is -2.32. The molecule has 0 fully saturated rings. The average Bonchev–Trinajstić information content (AvgIpc) is 2.27. The van der Waals surface area contributed by atoms with Crippen LogP contribution in [0, 0.1) is 0 Å². The van der Waals surface area contributed by atoms with E-state index < -0.39 is 0 Å². The Kier molecular flexibility index (Phi) is 3.61. The second-order valence-electron chi connectivity index (χ2n) is 3.03. The van der Waals surface area contributed by atoms with Gasteiger partial charge in [-0.1, -0.05) is 0 Å². The van der Waals surface area contributed by atoms with Crippen molar-refractivity contribution in [3.63, 3.8) is 0 Å². The van der Waals surface area contributed by atoms with Crippen molar-refractivity contribution in [3.8, 4) is 0 Å². The van der Waals surface area contributed by atoms with Crippen LogP contribution in [-0.4, -0.2) is 34.8 Å². The number of aliphatic hydroxyl groups is 1. The molecule has 1 aromatic heterocycles. The molecule has 78 valence electrons. The van der Waals surface area contributed by atoms with Crippen LogP contribution in [0.3, 0.4) is 0 Å². The summed E-state index contributed by atoms with van der Waals surface area (Å²) in [5.41, 5.74) is 2.37. The highest BCUT2D eigenvalue weighted by atomic mass is 16.3. The number of hydrogen-bond donors (Lipinski definition) is 3. The van der Waals surface area contributed by atoms with E-state index in [0.717, 1.165) is 5.82 Å². The summed E-state index contributed by atoms with van der Waals surface area (Å²) in [7, 11) is 1.85. The van der Waals surface area contributed by atoms with E-state index in [-0.39, 0.29) is 12.6 Å². The summed E-state index contributed by atoms with van der Waals surface area (Å²) < 4.78 is 0. The van der Waals surface area contributed by atoms with Crippen LogP contribution >= 0.6 is 0 Å². The van der Waals surface area contributed by atoms with Crippen LogP contribution in [0.1, 0.15) is 6.92 Å². The van der Waals surface area contributed by atoms with Gasteiger partial charge in [0.15, 0.2) is 0 Å². The molecule has 0 bridgehead atoms. The first-order valence-corrected chi connectivity index (χ1v) is 4.32. The largest absolute Gasteiger partial charge is 0.394 e. The molecule has 0 saturated carbocycles. The van der Waals surface area contributed by atoms with Gasteiger partial charge >= 0.3 is 0 Å². The standard InChI is InChI=1S/C8H15N5O/c1-6(5-14)13(2)7-3-4-10-8(11-7)12-9/h3-4,6,14H,5,9H2,1-2H3,(H,10,11,12). The highest BCUT2D eigenvalue weighted by Crippen LogP contribution is 2.12. The van der Waals surface area contributed by atoms with Crippen molar-refractivity contribution >= 4 is 11.8 Å². The van der Waals surface area contributed by atoms with Crippen LogP contribution in [0.15, 0.2) is 12.3 Å². The summed E-state index contributed by atoms with van der Waals surface area (Å²) in [4.78, 5) is 9.87. The van der Waals surface area contributed by atoms with E-state index >= 15 is 0 Å². The Balaban J connectivity index is 2.83. The highest BCUT2D eigenvalue weighted by molar-refractivity contribution is 5.41. The molecule has 0 aliphatic carbocycles. The fourth-order valence-electron chi connectivity index (χ4n) is 0.963. The first-order chi connectivity index (χ1) is 6.69. The molecule has 0 spiro atoms. The van der Waals surface area contributed by atoms with Gasteiger partial charge in [0, 0.05) is 13.2 Å². The van der Waals surface area contributed by atoms with E-state index in [9.17, 15) is 0 Å². The topological polar surface area (TPSA) is 87.3 Å². The first-order valence-electron chi connectivity index (χ1n) is 4.32. The summed E-state index contributed by atoms with van der Waals surface area (Å²) in [5, 5.41) is 8.97. The summed E-state index contributed by atoms with van der Waals surface area (Å²) >= 11 is 0. The normalized spacial score (nSPS) is 12.3. The molecule has 1 aromatic rings. The number of aliphatic hydroxyl groups excluding tert-OH is 1. The maximum absolute atomic E-state index is 8.97. The predicted molar refractivity (Wildman–Crippen MR) is 54.8 cm³/mol. The molecule has 1 rings (SSSR count). The lowest BCUT2D eigenvalue weighted by molar-refractivity contribution is 0.270. The van der Waals surface area contributed by atoms with Crippen molar-refractivity contribution in [1.82, 2.24) is 9.97 Å². The van der Waals surface area contributed by atoms with Crippen LogP contribution in [0.4, 0.5) is 11.8 Å². The summed E-state index contributed by atoms with van der Waals surface area (Å²) in [6.07, 6.45) is 1.61. The fourth-order valence-corrected chi connectivity index (χ4v) is 0.963. The average molecular weight is 197 g/mol. The summed E-state index contributed by atoms with van der Waals surface area (Å²) in [5.74, 6) is 6.26. The second kappa shape index (κ2) is 4.73. The molecule has 14 heavy (non-hydrogen) atoms. The van der Waals surface area contributed by atoms with Gasteiger partial charge in [-0.3, -0.25) is 5.43 Å². The lowest BCUT2D eigenvalue weighted by Gasteiger charge is -2.24. The van der Waals surface area contributed by atoms with Gasteiger partial charge < -0.3 is 10.0 Å². The molecular formula is C8H15N5O. The maximum atomic E-state index is 8.97. The minimum absolute atomic E-state index is 0.00974. The number of anilines is 2. The van der Waals surface area contributed by atoms with Gasteiger partial charge in [0.05, 0.1) is 12.6 Å². The number of nitrogens with one attached hydrogen (secondary N) is 1. The number of hydrogen-bond acceptors (Lipinski definition) is 6. The third-order valence-corrected chi connectivity index (χ3v) is 2.06. The van der Waals surface area contributed by atoms with Gasteiger partial charge in [0.25, 0.3) is 0 Å². The SMILES string of the molecule is CC(CO)N(C)c1ccnc(NN)n1. The molecule has 1 unspecified atom stereocenters. The Labute approximate surface area is 82.7 Å². The van der Waals surface area contributed by atoms with Crippen molar-refractivity contribution in [3.05, 3.63) is 12.3 Å². The Morgan fingerprint density at radius 1 is 1.71 bits per heavy atom. The molecule has 0 aliphatic heterocycles. The number of nitrogens with zero attached hydrogens (tertiary/aromatic N) is 3. The van der Waals surface area contributed by atoms with Gasteiger partial charge in [-0.15, -0.1) is 0 Å². The summed E-state index contributed by atoms with van der Waals surface area (Å²) in [6.45, 7) is 1.98. The van der Waals surface area contributed by atoms with E-state index in [1.807, 2.05) is 18.9 Å². The molecule has 0 radical (unpaired) electrons. The third-order valence-electron chi connectivity index (χ3n) is 2.06. The molecular weight excluding hydrogens is 182 g/mol. The number of rotatable bonds is 4. The van der Waals surface area contributed by atoms with Crippen molar-refractivity contribution in [2.24, 2.45) is 5.84 Å². The van der Waals surface area contributed by atoms with Crippen LogP contribution in [0.2, 0.25) is 0 Å².